The molecule has 5 heteroatoms. The Bertz CT molecular complexity index is 577. The van der Waals surface area contributed by atoms with Crippen LogP contribution in [-0.2, 0) is 11.3 Å². The van der Waals surface area contributed by atoms with Gasteiger partial charge in [-0.25, -0.2) is 4.79 Å². The molecule has 0 radical (unpaired) electrons. The summed E-state index contributed by atoms with van der Waals surface area (Å²) >= 11 is 0. The van der Waals surface area contributed by atoms with Gasteiger partial charge in [-0.15, -0.1) is 0 Å². The molecule has 0 bridgehead atoms. The summed E-state index contributed by atoms with van der Waals surface area (Å²) in [5, 5.41) is 9.67. The number of aliphatic hydroxyl groups is 1. The van der Waals surface area contributed by atoms with Crippen LogP contribution in [0.5, 0.6) is 0 Å². The third kappa shape index (κ3) is 3.86. The number of ether oxygens (including phenoxy) is 1. The smallest absolute Gasteiger partial charge is 0.341 e. The number of anilines is 1. The lowest BCUT2D eigenvalue weighted by Gasteiger charge is -2.25. The van der Waals surface area contributed by atoms with Gasteiger partial charge in [0.15, 0.2) is 0 Å². The van der Waals surface area contributed by atoms with Crippen LogP contribution in [0.25, 0.3) is 0 Å². The molecule has 1 aromatic carbocycles. The quantitative estimate of drug-likeness (QED) is 0.828. The fraction of sp³-hybridized carbons (Fsp3) is 0.312. The van der Waals surface area contributed by atoms with E-state index in [1.54, 1.807) is 13.0 Å². The van der Waals surface area contributed by atoms with Gasteiger partial charge in [-0.3, -0.25) is 0 Å². The standard InChI is InChI=1S/C16H19NO4/c1-12(18)10-17(13-6-4-3-5-7-13)11-15-14(8-9-21-15)16(19)20-2/h3-9,12,18H,10-11H2,1-2H3/t12-/m1/s1. The molecule has 0 amide bonds. The fourth-order valence-corrected chi connectivity index (χ4v) is 2.15. The van der Waals surface area contributed by atoms with Gasteiger partial charge in [-0.1, -0.05) is 18.2 Å². The van der Waals surface area contributed by atoms with Gasteiger partial charge in [0.25, 0.3) is 0 Å². The van der Waals surface area contributed by atoms with Crippen molar-refractivity contribution < 1.29 is 19.1 Å². The van der Waals surface area contributed by atoms with E-state index in [9.17, 15) is 9.90 Å². The second-order valence-corrected chi connectivity index (χ2v) is 4.81. The largest absolute Gasteiger partial charge is 0.467 e. The van der Waals surface area contributed by atoms with Gasteiger partial charge in [0.1, 0.15) is 11.3 Å². The highest BCUT2D eigenvalue weighted by molar-refractivity contribution is 5.90. The molecular formula is C16H19NO4. The molecule has 112 valence electrons. The van der Waals surface area contributed by atoms with Crippen LogP contribution in [0, 0.1) is 0 Å². The van der Waals surface area contributed by atoms with Crippen molar-refractivity contribution in [3.05, 3.63) is 54.0 Å². The number of nitrogens with zero attached hydrogens (tertiary/aromatic N) is 1. The first-order valence-electron chi connectivity index (χ1n) is 6.74. The number of para-hydroxylation sites is 1. The van der Waals surface area contributed by atoms with Crippen LogP contribution >= 0.6 is 0 Å². The number of carbonyl (C=O) groups excluding carboxylic acids is 1. The van der Waals surface area contributed by atoms with Gasteiger partial charge in [-0.2, -0.15) is 0 Å². The van der Waals surface area contributed by atoms with Gasteiger partial charge in [-0.05, 0) is 25.1 Å². The number of hydrogen-bond acceptors (Lipinski definition) is 5. The molecule has 1 aromatic heterocycles. The highest BCUT2D eigenvalue weighted by atomic mass is 16.5. The maximum absolute atomic E-state index is 11.7. The minimum Gasteiger partial charge on any atom is -0.467 e. The Morgan fingerprint density at radius 2 is 2.05 bits per heavy atom. The van der Waals surface area contributed by atoms with Crippen LogP contribution in [0.1, 0.15) is 23.0 Å². The Hall–Kier alpha value is -2.27. The Morgan fingerprint density at radius 1 is 1.33 bits per heavy atom. The minimum atomic E-state index is -0.498. The molecule has 2 rings (SSSR count). The number of furan rings is 1. The number of hydrogen-bond donors (Lipinski definition) is 1. The molecule has 2 aromatic rings. The minimum absolute atomic E-state index is 0.381. The van der Waals surface area contributed by atoms with Crippen molar-refractivity contribution in [2.24, 2.45) is 0 Å². The van der Waals surface area contributed by atoms with E-state index in [2.05, 4.69) is 0 Å². The van der Waals surface area contributed by atoms with Crippen molar-refractivity contribution in [2.75, 3.05) is 18.6 Å². The second kappa shape index (κ2) is 6.95. The number of aliphatic hydroxyl groups excluding tert-OH is 1. The Kier molecular flexibility index (Phi) is 5.00. The third-order valence-electron chi connectivity index (χ3n) is 3.09. The van der Waals surface area contributed by atoms with E-state index in [0.29, 0.717) is 24.4 Å². The maximum Gasteiger partial charge on any atom is 0.341 e. The lowest BCUT2D eigenvalue weighted by molar-refractivity contribution is 0.0598. The molecule has 0 aliphatic carbocycles. The molecule has 0 saturated heterocycles. The maximum atomic E-state index is 11.7. The first-order chi connectivity index (χ1) is 10.1. The average Bonchev–Trinajstić information content (AvgIpc) is 2.94. The second-order valence-electron chi connectivity index (χ2n) is 4.81. The summed E-state index contributed by atoms with van der Waals surface area (Å²) < 4.78 is 10.1. The summed E-state index contributed by atoms with van der Waals surface area (Å²) in [7, 11) is 1.34. The Labute approximate surface area is 123 Å². The zero-order chi connectivity index (χ0) is 15.2. The predicted molar refractivity (Wildman–Crippen MR) is 79.2 cm³/mol. The number of esters is 1. The molecule has 1 N–H and O–H groups in total. The molecule has 1 atom stereocenters. The number of benzene rings is 1. The SMILES string of the molecule is COC(=O)c1ccoc1CN(C[C@@H](C)O)c1ccccc1. The van der Waals surface area contributed by atoms with Gasteiger partial charge in [0.2, 0.25) is 0 Å². The fourth-order valence-electron chi connectivity index (χ4n) is 2.15. The van der Waals surface area contributed by atoms with E-state index in [1.807, 2.05) is 35.2 Å². The highest BCUT2D eigenvalue weighted by Gasteiger charge is 2.19. The van der Waals surface area contributed by atoms with Crippen LogP contribution in [0.3, 0.4) is 0 Å². The zero-order valence-corrected chi connectivity index (χ0v) is 12.2. The van der Waals surface area contributed by atoms with Gasteiger partial charge >= 0.3 is 5.97 Å². The van der Waals surface area contributed by atoms with Crippen LogP contribution in [0.15, 0.2) is 47.1 Å². The first-order valence-corrected chi connectivity index (χ1v) is 6.74. The van der Waals surface area contributed by atoms with Gasteiger partial charge in [0.05, 0.1) is 26.0 Å². The first kappa shape index (κ1) is 15.1. The molecule has 0 spiro atoms. The normalized spacial score (nSPS) is 12.0. The summed E-state index contributed by atoms with van der Waals surface area (Å²) in [4.78, 5) is 13.6. The summed E-state index contributed by atoms with van der Waals surface area (Å²) in [6, 6.07) is 11.3. The molecule has 0 unspecified atom stereocenters. The number of carbonyl (C=O) groups is 1. The highest BCUT2D eigenvalue weighted by Crippen LogP contribution is 2.20. The molecule has 0 fully saturated rings. The molecule has 0 aliphatic heterocycles. The van der Waals surface area contributed by atoms with Crippen molar-refractivity contribution in [3.63, 3.8) is 0 Å². The molecule has 21 heavy (non-hydrogen) atoms. The van der Waals surface area contributed by atoms with E-state index in [1.165, 1.54) is 13.4 Å². The van der Waals surface area contributed by atoms with Crippen molar-refractivity contribution >= 4 is 11.7 Å². The zero-order valence-electron chi connectivity index (χ0n) is 12.2. The van der Waals surface area contributed by atoms with Crippen LogP contribution in [0.4, 0.5) is 5.69 Å². The molecular weight excluding hydrogens is 270 g/mol. The molecule has 1 heterocycles. The van der Waals surface area contributed by atoms with Gasteiger partial charge in [0, 0.05) is 12.2 Å². The van der Waals surface area contributed by atoms with Crippen molar-refractivity contribution in [2.45, 2.75) is 19.6 Å². The molecule has 5 nitrogen and oxygen atoms in total. The van der Waals surface area contributed by atoms with Crippen LogP contribution in [0.2, 0.25) is 0 Å². The summed E-state index contributed by atoms with van der Waals surface area (Å²) in [6.07, 6.45) is 0.967. The van der Waals surface area contributed by atoms with E-state index >= 15 is 0 Å². The van der Waals surface area contributed by atoms with Gasteiger partial charge < -0.3 is 19.2 Å². The van der Waals surface area contributed by atoms with E-state index in [4.69, 9.17) is 9.15 Å². The predicted octanol–water partition coefficient (Wildman–Crippen LogP) is 2.45. The summed E-state index contributed by atoms with van der Waals surface area (Å²) in [5.41, 5.74) is 1.36. The monoisotopic (exact) mass is 289 g/mol. The average molecular weight is 289 g/mol. The number of rotatable bonds is 6. The lowest BCUT2D eigenvalue weighted by Crippen LogP contribution is -2.30. The van der Waals surface area contributed by atoms with Crippen molar-refractivity contribution in [3.8, 4) is 0 Å². The van der Waals surface area contributed by atoms with Crippen molar-refractivity contribution in [1.29, 1.82) is 0 Å². The van der Waals surface area contributed by atoms with Crippen LogP contribution < -0.4 is 4.90 Å². The number of methoxy groups -OCH3 is 1. The summed E-state index contributed by atoms with van der Waals surface area (Å²) in [6.45, 7) is 2.54. The Morgan fingerprint density at radius 3 is 2.67 bits per heavy atom. The van der Waals surface area contributed by atoms with E-state index in [-0.39, 0.29) is 0 Å². The summed E-state index contributed by atoms with van der Waals surface area (Å²) in [5.74, 6) is 0.0927. The van der Waals surface area contributed by atoms with Crippen LogP contribution in [-0.4, -0.2) is 30.8 Å². The van der Waals surface area contributed by atoms with E-state index in [0.717, 1.165) is 5.69 Å². The molecule has 0 saturated carbocycles. The van der Waals surface area contributed by atoms with Crippen molar-refractivity contribution in [1.82, 2.24) is 0 Å². The van der Waals surface area contributed by atoms with E-state index < -0.39 is 12.1 Å². The Balaban J connectivity index is 2.24. The molecule has 0 aliphatic rings. The topological polar surface area (TPSA) is 62.9 Å². The lowest BCUT2D eigenvalue weighted by atomic mass is 10.2. The third-order valence-corrected chi connectivity index (χ3v) is 3.09.